The molecule has 2 aliphatic rings. The number of rotatable bonds is 7. The second-order valence-electron chi connectivity index (χ2n) is 7.63. The fourth-order valence-electron chi connectivity index (χ4n) is 3.66. The molecule has 2 heterocycles. The van der Waals surface area contributed by atoms with Crippen LogP contribution in [0.25, 0.3) is 0 Å². The molecule has 0 spiro atoms. The summed E-state index contributed by atoms with van der Waals surface area (Å²) < 4.78 is 10.6. The molecular weight excluding hydrogens is 364 g/mol. The smallest absolute Gasteiger partial charge is 0.308 e. The quantitative estimate of drug-likeness (QED) is 0.737. The predicted octanol–water partition coefficient (Wildman–Crippen LogP) is 1.88. The number of carboxylic acids is 1. The molecule has 0 saturated carbocycles. The number of benzene rings is 1. The number of hydrogen-bond donors (Lipinski definition) is 2. The van der Waals surface area contributed by atoms with Crippen molar-refractivity contribution >= 4 is 17.8 Å². The van der Waals surface area contributed by atoms with Crippen molar-refractivity contribution in [2.75, 3.05) is 19.9 Å². The average Bonchev–Trinajstić information content (AvgIpc) is 3.32. The van der Waals surface area contributed by atoms with Crippen LogP contribution in [0.2, 0.25) is 0 Å². The molecule has 152 valence electrons. The third-order valence-electron chi connectivity index (χ3n) is 5.06. The van der Waals surface area contributed by atoms with Crippen LogP contribution in [-0.4, -0.2) is 53.7 Å². The number of likely N-dealkylation sites (tertiary alicyclic amines) is 1. The van der Waals surface area contributed by atoms with E-state index in [1.807, 2.05) is 13.8 Å². The van der Waals surface area contributed by atoms with Gasteiger partial charge in [-0.1, -0.05) is 13.8 Å². The molecule has 8 heteroatoms. The maximum atomic E-state index is 12.9. The Bertz CT molecular complexity index is 763. The molecule has 3 rings (SSSR count). The number of nitrogens with one attached hydrogen (secondary N) is 1. The van der Waals surface area contributed by atoms with Crippen molar-refractivity contribution in [3.05, 3.63) is 23.8 Å². The van der Waals surface area contributed by atoms with Gasteiger partial charge in [-0.05, 0) is 43.4 Å². The number of nitrogens with zero attached hydrogens (tertiary/aromatic N) is 1. The van der Waals surface area contributed by atoms with E-state index in [4.69, 9.17) is 9.47 Å². The molecular formula is C20H26N2O6. The van der Waals surface area contributed by atoms with E-state index in [-0.39, 0.29) is 31.1 Å². The molecule has 0 bridgehead atoms. The molecule has 2 N–H and O–H groups in total. The fraction of sp³-hybridized carbons (Fsp3) is 0.550. The van der Waals surface area contributed by atoms with Crippen LogP contribution in [0.4, 0.5) is 0 Å². The average molecular weight is 390 g/mol. The minimum atomic E-state index is -0.922. The van der Waals surface area contributed by atoms with Crippen LogP contribution in [0.5, 0.6) is 11.5 Å². The number of aliphatic carboxylic acids is 1. The lowest BCUT2D eigenvalue weighted by Crippen LogP contribution is -2.47. The van der Waals surface area contributed by atoms with Crippen molar-refractivity contribution in [3.63, 3.8) is 0 Å². The van der Waals surface area contributed by atoms with E-state index in [1.165, 1.54) is 0 Å². The second-order valence-corrected chi connectivity index (χ2v) is 7.63. The summed E-state index contributed by atoms with van der Waals surface area (Å²) in [5.74, 6) is -0.777. The van der Waals surface area contributed by atoms with Crippen LogP contribution in [0.1, 0.15) is 43.5 Å². The van der Waals surface area contributed by atoms with E-state index in [2.05, 4.69) is 5.32 Å². The van der Waals surface area contributed by atoms with E-state index in [9.17, 15) is 19.5 Å². The van der Waals surface area contributed by atoms with Crippen molar-refractivity contribution in [2.45, 2.75) is 39.2 Å². The summed E-state index contributed by atoms with van der Waals surface area (Å²) in [6.07, 6.45) is 1.77. The molecule has 1 aromatic rings. The molecule has 2 unspecified atom stereocenters. The summed E-state index contributed by atoms with van der Waals surface area (Å²) in [4.78, 5) is 38.5. The van der Waals surface area contributed by atoms with Gasteiger partial charge in [-0.2, -0.15) is 0 Å². The molecule has 0 radical (unpaired) electrons. The third kappa shape index (κ3) is 4.37. The number of carbonyl (C=O) groups excluding carboxylic acids is 2. The lowest BCUT2D eigenvalue weighted by Gasteiger charge is -2.25. The summed E-state index contributed by atoms with van der Waals surface area (Å²) in [6, 6.07) is 4.38. The Morgan fingerprint density at radius 1 is 1.25 bits per heavy atom. The van der Waals surface area contributed by atoms with Gasteiger partial charge in [0.15, 0.2) is 11.5 Å². The minimum Gasteiger partial charge on any atom is -0.481 e. The van der Waals surface area contributed by atoms with E-state index >= 15 is 0 Å². The van der Waals surface area contributed by atoms with Crippen LogP contribution < -0.4 is 14.8 Å². The zero-order chi connectivity index (χ0) is 20.3. The number of ether oxygens (including phenoxy) is 2. The van der Waals surface area contributed by atoms with Gasteiger partial charge in [0.2, 0.25) is 12.7 Å². The van der Waals surface area contributed by atoms with Gasteiger partial charge in [0.05, 0.1) is 5.92 Å². The molecule has 8 nitrogen and oxygen atoms in total. The number of amides is 2. The van der Waals surface area contributed by atoms with Gasteiger partial charge in [0, 0.05) is 18.7 Å². The first kappa shape index (κ1) is 20.0. The van der Waals surface area contributed by atoms with Crippen LogP contribution in [0.15, 0.2) is 18.2 Å². The Morgan fingerprint density at radius 3 is 2.71 bits per heavy atom. The second kappa shape index (κ2) is 8.50. The van der Waals surface area contributed by atoms with E-state index in [0.29, 0.717) is 36.4 Å². The monoisotopic (exact) mass is 390 g/mol. The van der Waals surface area contributed by atoms with Gasteiger partial charge in [-0.15, -0.1) is 0 Å². The molecule has 2 atom stereocenters. The third-order valence-corrected chi connectivity index (χ3v) is 5.06. The standard InChI is InChI=1S/C20H26N2O6/c1-12(2)8-14(20(25)26)10-21-18(23)15-4-3-7-22(15)19(24)13-5-6-16-17(9-13)28-11-27-16/h5-6,9,12,14-15H,3-4,7-8,10-11H2,1-2H3,(H,21,23)(H,25,26). The van der Waals surface area contributed by atoms with Crippen LogP contribution in [-0.2, 0) is 9.59 Å². The van der Waals surface area contributed by atoms with E-state index < -0.39 is 17.9 Å². The number of hydrogen-bond acceptors (Lipinski definition) is 5. The van der Waals surface area contributed by atoms with Gasteiger partial charge in [-0.3, -0.25) is 14.4 Å². The van der Waals surface area contributed by atoms with Crippen LogP contribution >= 0.6 is 0 Å². The van der Waals surface area contributed by atoms with Crippen molar-refractivity contribution in [1.82, 2.24) is 10.2 Å². The lowest BCUT2D eigenvalue weighted by atomic mass is 9.97. The number of fused-ring (bicyclic) bond motifs is 1. The minimum absolute atomic E-state index is 0.0644. The molecule has 2 amide bonds. The lowest BCUT2D eigenvalue weighted by molar-refractivity contribution is -0.142. The summed E-state index contributed by atoms with van der Waals surface area (Å²) in [5.41, 5.74) is 0.437. The summed E-state index contributed by atoms with van der Waals surface area (Å²) in [6.45, 7) is 4.57. The van der Waals surface area contributed by atoms with Gasteiger partial charge in [-0.25, -0.2) is 0 Å². The summed E-state index contributed by atoms with van der Waals surface area (Å²) in [7, 11) is 0. The Labute approximate surface area is 163 Å². The highest BCUT2D eigenvalue weighted by molar-refractivity contribution is 5.98. The van der Waals surface area contributed by atoms with Crippen LogP contribution in [0, 0.1) is 11.8 Å². The first-order chi connectivity index (χ1) is 13.4. The van der Waals surface area contributed by atoms with Crippen molar-refractivity contribution < 1.29 is 29.0 Å². The molecule has 0 aromatic heterocycles. The van der Waals surface area contributed by atoms with Gasteiger partial charge in [0.1, 0.15) is 6.04 Å². The topological polar surface area (TPSA) is 105 Å². The fourth-order valence-corrected chi connectivity index (χ4v) is 3.66. The molecule has 0 aliphatic carbocycles. The Hall–Kier alpha value is -2.77. The van der Waals surface area contributed by atoms with Gasteiger partial charge >= 0.3 is 5.97 Å². The Kier molecular flexibility index (Phi) is 6.06. The largest absolute Gasteiger partial charge is 0.481 e. The SMILES string of the molecule is CC(C)CC(CNC(=O)C1CCCN1C(=O)c1ccc2c(c1)OCO2)C(=O)O. The van der Waals surface area contributed by atoms with Gasteiger partial charge in [0.25, 0.3) is 5.91 Å². The highest BCUT2D eigenvalue weighted by Gasteiger charge is 2.35. The normalized spacial score (nSPS) is 19.0. The maximum Gasteiger partial charge on any atom is 0.308 e. The van der Waals surface area contributed by atoms with E-state index in [1.54, 1.807) is 23.1 Å². The zero-order valence-electron chi connectivity index (χ0n) is 16.1. The summed E-state index contributed by atoms with van der Waals surface area (Å²) >= 11 is 0. The Balaban J connectivity index is 1.64. The van der Waals surface area contributed by atoms with Crippen molar-refractivity contribution in [1.29, 1.82) is 0 Å². The highest BCUT2D eigenvalue weighted by Crippen LogP contribution is 2.33. The molecule has 1 fully saturated rings. The summed E-state index contributed by atoms with van der Waals surface area (Å²) in [5, 5.41) is 12.1. The first-order valence-corrected chi connectivity index (χ1v) is 9.58. The van der Waals surface area contributed by atoms with E-state index in [0.717, 1.165) is 6.42 Å². The molecule has 2 aliphatic heterocycles. The highest BCUT2D eigenvalue weighted by atomic mass is 16.7. The van der Waals surface area contributed by atoms with Gasteiger partial charge < -0.3 is 24.8 Å². The Morgan fingerprint density at radius 2 is 2.00 bits per heavy atom. The number of carboxylic acid groups (broad SMARTS) is 1. The van der Waals surface area contributed by atoms with Crippen molar-refractivity contribution in [2.24, 2.45) is 11.8 Å². The first-order valence-electron chi connectivity index (χ1n) is 9.58. The zero-order valence-corrected chi connectivity index (χ0v) is 16.1. The maximum absolute atomic E-state index is 12.9. The predicted molar refractivity (Wildman–Crippen MR) is 100 cm³/mol. The number of carbonyl (C=O) groups is 3. The molecule has 28 heavy (non-hydrogen) atoms. The molecule has 1 aromatic carbocycles. The molecule has 1 saturated heterocycles. The van der Waals surface area contributed by atoms with Crippen molar-refractivity contribution in [3.8, 4) is 11.5 Å². The van der Waals surface area contributed by atoms with Crippen LogP contribution in [0.3, 0.4) is 0 Å².